The number of benzene rings is 2. The van der Waals surface area contributed by atoms with Crippen LogP contribution in [-0.2, 0) is 20.2 Å². The van der Waals surface area contributed by atoms with E-state index in [0.717, 1.165) is 37.0 Å². The van der Waals surface area contributed by atoms with Crippen molar-refractivity contribution in [3.63, 3.8) is 0 Å². The van der Waals surface area contributed by atoms with Gasteiger partial charge in [0.05, 0.1) is 10.3 Å². The van der Waals surface area contributed by atoms with Crippen molar-refractivity contribution in [1.29, 1.82) is 0 Å². The SMILES string of the molecule is O=C(N1CCC(NS(=O)(=O)c2ccc(F)cc2)CC1)C1(c2cccc(F)c2)CCCCC1. The van der Waals surface area contributed by atoms with Crippen molar-refractivity contribution < 1.29 is 22.0 Å². The largest absolute Gasteiger partial charge is 0.342 e. The van der Waals surface area contributed by atoms with Gasteiger partial charge in [-0.2, -0.15) is 0 Å². The Morgan fingerprint density at radius 3 is 2.22 bits per heavy atom. The first-order valence-electron chi connectivity index (χ1n) is 11.1. The second kappa shape index (κ2) is 9.27. The number of halogens is 2. The number of likely N-dealkylation sites (tertiary alicyclic amines) is 1. The van der Waals surface area contributed by atoms with Gasteiger partial charge in [-0.15, -0.1) is 0 Å². The summed E-state index contributed by atoms with van der Waals surface area (Å²) in [5.74, 6) is -0.817. The maximum absolute atomic E-state index is 14.0. The summed E-state index contributed by atoms with van der Waals surface area (Å²) >= 11 is 0. The van der Waals surface area contributed by atoms with Crippen LogP contribution in [0.1, 0.15) is 50.5 Å². The van der Waals surface area contributed by atoms with Gasteiger partial charge in [-0.1, -0.05) is 31.4 Å². The predicted octanol–water partition coefficient (Wildman–Crippen LogP) is 4.14. The van der Waals surface area contributed by atoms with Gasteiger partial charge in [-0.25, -0.2) is 21.9 Å². The Bertz CT molecular complexity index is 1060. The number of sulfonamides is 1. The fraction of sp³-hybridized carbons (Fsp3) is 0.458. The third-order valence-electron chi connectivity index (χ3n) is 6.72. The number of rotatable bonds is 5. The van der Waals surface area contributed by atoms with E-state index in [1.165, 1.54) is 24.3 Å². The molecule has 4 rings (SSSR count). The van der Waals surface area contributed by atoms with Crippen molar-refractivity contribution in [1.82, 2.24) is 9.62 Å². The molecule has 1 aliphatic carbocycles. The average molecular weight is 463 g/mol. The van der Waals surface area contributed by atoms with Gasteiger partial charge < -0.3 is 4.90 Å². The van der Waals surface area contributed by atoms with Crippen LogP contribution in [0.5, 0.6) is 0 Å². The van der Waals surface area contributed by atoms with Crippen LogP contribution in [0.2, 0.25) is 0 Å². The molecule has 1 N–H and O–H groups in total. The summed E-state index contributed by atoms with van der Waals surface area (Å²) < 4.78 is 54.9. The van der Waals surface area contributed by atoms with E-state index in [1.807, 2.05) is 6.07 Å². The van der Waals surface area contributed by atoms with Crippen LogP contribution >= 0.6 is 0 Å². The van der Waals surface area contributed by atoms with Crippen molar-refractivity contribution in [2.45, 2.75) is 61.3 Å². The lowest BCUT2D eigenvalue weighted by Gasteiger charge is -2.42. The molecule has 1 amide bonds. The molecule has 2 aromatic carbocycles. The molecule has 0 spiro atoms. The van der Waals surface area contributed by atoms with Gasteiger partial charge in [0.2, 0.25) is 15.9 Å². The summed E-state index contributed by atoms with van der Waals surface area (Å²) in [5.41, 5.74) is 0.0298. The first-order chi connectivity index (χ1) is 15.3. The standard InChI is InChI=1S/C24H28F2N2O3S/c25-19-7-9-22(10-8-19)32(30,31)27-21-11-15-28(16-12-21)23(29)24(13-2-1-3-14-24)18-5-4-6-20(26)17-18/h4-10,17,21,27H,1-3,11-16H2. The number of carbonyl (C=O) groups is 1. The minimum absolute atomic E-state index is 0.0163. The molecule has 2 fully saturated rings. The molecule has 1 aliphatic heterocycles. The van der Waals surface area contributed by atoms with E-state index in [2.05, 4.69) is 4.72 Å². The highest BCUT2D eigenvalue weighted by Crippen LogP contribution is 2.41. The number of piperidine rings is 1. The summed E-state index contributed by atoms with van der Waals surface area (Å²) in [6.07, 6.45) is 5.31. The topological polar surface area (TPSA) is 66.5 Å². The van der Waals surface area contributed by atoms with Gasteiger partial charge in [0, 0.05) is 19.1 Å². The van der Waals surface area contributed by atoms with Crippen LogP contribution in [0.15, 0.2) is 53.4 Å². The quantitative estimate of drug-likeness (QED) is 0.727. The smallest absolute Gasteiger partial charge is 0.240 e. The van der Waals surface area contributed by atoms with Crippen molar-refractivity contribution in [2.24, 2.45) is 0 Å². The maximum Gasteiger partial charge on any atom is 0.240 e. The summed E-state index contributed by atoms with van der Waals surface area (Å²) in [6.45, 7) is 0.874. The van der Waals surface area contributed by atoms with E-state index in [4.69, 9.17) is 0 Å². The first kappa shape index (κ1) is 22.9. The van der Waals surface area contributed by atoms with Crippen LogP contribution in [0, 0.1) is 11.6 Å². The molecule has 0 atom stereocenters. The fourth-order valence-electron chi connectivity index (χ4n) is 4.97. The zero-order valence-electron chi connectivity index (χ0n) is 17.9. The molecule has 0 aromatic heterocycles. The van der Waals surface area contributed by atoms with E-state index in [0.29, 0.717) is 38.8 Å². The molecule has 172 valence electrons. The number of carbonyl (C=O) groups excluding carboxylic acids is 1. The molecular formula is C24H28F2N2O3S. The number of nitrogens with zero attached hydrogens (tertiary/aromatic N) is 1. The van der Waals surface area contributed by atoms with Crippen molar-refractivity contribution in [3.8, 4) is 0 Å². The summed E-state index contributed by atoms with van der Waals surface area (Å²) in [6, 6.07) is 10.8. The van der Waals surface area contributed by atoms with Crippen LogP contribution in [0.4, 0.5) is 8.78 Å². The lowest BCUT2D eigenvalue weighted by atomic mass is 9.68. The highest BCUT2D eigenvalue weighted by Gasteiger charge is 2.44. The van der Waals surface area contributed by atoms with Crippen LogP contribution in [-0.4, -0.2) is 38.4 Å². The first-order valence-corrected chi connectivity index (χ1v) is 12.6. The van der Waals surface area contributed by atoms with Gasteiger partial charge in [-0.3, -0.25) is 4.79 Å². The number of hydrogen-bond acceptors (Lipinski definition) is 3. The van der Waals surface area contributed by atoms with E-state index in [-0.39, 0.29) is 22.7 Å². The average Bonchev–Trinajstić information content (AvgIpc) is 2.79. The normalized spacial score (nSPS) is 19.6. The molecule has 32 heavy (non-hydrogen) atoms. The minimum Gasteiger partial charge on any atom is -0.342 e. The van der Waals surface area contributed by atoms with Crippen molar-refractivity contribution >= 4 is 15.9 Å². The molecule has 1 heterocycles. The van der Waals surface area contributed by atoms with Gasteiger partial charge >= 0.3 is 0 Å². The molecule has 0 unspecified atom stereocenters. The zero-order valence-corrected chi connectivity index (χ0v) is 18.7. The number of amides is 1. The van der Waals surface area contributed by atoms with E-state index >= 15 is 0 Å². The van der Waals surface area contributed by atoms with Gasteiger partial charge in [0.15, 0.2) is 0 Å². The molecule has 5 nitrogen and oxygen atoms in total. The fourth-order valence-corrected chi connectivity index (χ4v) is 6.28. The van der Waals surface area contributed by atoms with Crippen LogP contribution in [0.25, 0.3) is 0 Å². The van der Waals surface area contributed by atoms with Crippen LogP contribution in [0.3, 0.4) is 0 Å². The number of nitrogens with one attached hydrogen (secondary N) is 1. The maximum atomic E-state index is 14.0. The zero-order chi connectivity index (χ0) is 22.8. The molecule has 8 heteroatoms. The summed E-state index contributed by atoms with van der Waals surface area (Å²) in [7, 11) is -3.76. The van der Waals surface area contributed by atoms with Gasteiger partial charge in [0.25, 0.3) is 0 Å². The second-order valence-electron chi connectivity index (χ2n) is 8.79. The molecule has 1 saturated carbocycles. The Hall–Kier alpha value is -2.32. The summed E-state index contributed by atoms with van der Waals surface area (Å²) in [4.78, 5) is 15.5. The third kappa shape index (κ3) is 4.71. The molecule has 0 bridgehead atoms. The lowest BCUT2D eigenvalue weighted by molar-refractivity contribution is -0.140. The summed E-state index contributed by atoms with van der Waals surface area (Å²) in [5, 5.41) is 0. The Balaban J connectivity index is 1.44. The third-order valence-corrected chi connectivity index (χ3v) is 8.26. The van der Waals surface area contributed by atoms with Gasteiger partial charge in [0.1, 0.15) is 11.6 Å². The Kier molecular flexibility index (Phi) is 6.62. The van der Waals surface area contributed by atoms with Crippen LogP contribution < -0.4 is 4.72 Å². The minimum atomic E-state index is -3.76. The molecule has 0 radical (unpaired) electrons. The second-order valence-corrected chi connectivity index (χ2v) is 10.5. The highest BCUT2D eigenvalue weighted by atomic mass is 32.2. The monoisotopic (exact) mass is 462 g/mol. The number of hydrogen-bond donors (Lipinski definition) is 1. The molecule has 1 saturated heterocycles. The molecule has 2 aromatic rings. The van der Waals surface area contributed by atoms with Crippen molar-refractivity contribution in [2.75, 3.05) is 13.1 Å². The van der Waals surface area contributed by atoms with E-state index < -0.39 is 21.3 Å². The molecule has 2 aliphatic rings. The van der Waals surface area contributed by atoms with E-state index in [9.17, 15) is 22.0 Å². The highest BCUT2D eigenvalue weighted by molar-refractivity contribution is 7.89. The predicted molar refractivity (Wildman–Crippen MR) is 117 cm³/mol. The lowest BCUT2D eigenvalue weighted by Crippen LogP contribution is -2.53. The van der Waals surface area contributed by atoms with Gasteiger partial charge in [-0.05, 0) is 67.6 Å². The van der Waals surface area contributed by atoms with E-state index in [1.54, 1.807) is 11.0 Å². The van der Waals surface area contributed by atoms with Crippen molar-refractivity contribution in [3.05, 3.63) is 65.7 Å². The Morgan fingerprint density at radius 1 is 0.938 bits per heavy atom. The Morgan fingerprint density at radius 2 is 1.59 bits per heavy atom. The molecular weight excluding hydrogens is 434 g/mol. The Labute approximate surface area is 187 Å².